The number of methoxy groups -OCH3 is 2. The third kappa shape index (κ3) is 6.25. The predicted octanol–water partition coefficient (Wildman–Crippen LogP) is 8.45. The third-order valence-corrected chi connectivity index (χ3v) is 5.75. The van der Waals surface area contributed by atoms with Crippen molar-refractivity contribution in [1.29, 1.82) is 0 Å². The highest BCUT2D eigenvalue weighted by molar-refractivity contribution is 6.36. The summed E-state index contributed by atoms with van der Waals surface area (Å²) in [5.41, 5.74) is -5.25. The zero-order chi connectivity index (χ0) is 28.6. The Hall–Kier alpha value is -3.22. The lowest BCUT2D eigenvalue weighted by Gasteiger charge is -2.21. The van der Waals surface area contributed by atoms with Crippen molar-refractivity contribution in [3.8, 4) is 28.7 Å². The average Bonchev–Trinajstić information content (AvgIpc) is 2.81. The van der Waals surface area contributed by atoms with Crippen LogP contribution in [-0.2, 0) is 12.4 Å². The zero-order valence-electron chi connectivity index (χ0n) is 18.9. The number of phenols is 1. The Bertz CT molecular complexity index is 1340. The van der Waals surface area contributed by atoms with Crippen molar-refractivity contribution in [2.75, 3.05) is 19.5 Å². The van der Waals surface area contributed by atoms with Crippen molar-refractivity contribution < 1.29 is 50.5 Å². The molecule has 204 valence electrons. The van der Waals surface area contributed by atoms with Crippen LogP contribution in [-0.4, -0.2) is 25.2 Å². The molecule has 2 N–H and O–H groups in total. The van der Waals surface area contributed by atoms with Crippen LogP contribution < -0.4 is 19.5 Å². The van der Waals surface area contributed by atoms with E-state index in [1.54, 1.807) is 0 Å². The fraction of sp³-hybridized carbons (Fsp3) is 0.174. The Morgan fingerprint density at radius 3 is 1.79 bits per heavy atom. The maximum absolute atomic E-state index is 14.0. The molecule has 15 heteroatoms. The second kappa shape index (κ2) is 10.9. The van der Waals surface area contributed by atoms with Gasteiger partial charge in [-0.25, -0.2) is 0 Å². The topological polar surface area (TPSA) is 77.0 Å². The molecule has 3 rings (SSSR count). The van der Waals surface area contributed by atoms with Crippen molar-refractivity contribution in [3.63, 3.8) is 0 Å². The second-order valence-electron chi connectivity index (χ2n) is 7.38. The zero-order valence-corrected chi connectivity index (χ0v) is 21.2. The van der Waals surface area contributed by atoms with E-state index in [0.717, 1.165) is 38.5 Å². The minimum absolute atomic E-state index is 0.100. The van der Waals surface area contributed by atoms with Crippen LogP contribution in [0, 0.1) is 0 Å². The molecule has 0 fully saturated rings. The van der Waals surface area contributed by atoms with Gasteiger partial charge in [0.2, 0.25) is 0 Å². The van der Waals surface area contributed by atoms with E-state index < -0.39 is 57.9 Å². The highest BCUT2D eigenvalue weighted by Crippen LogP contribution is 2.49. The normalized spacial score (nSPS) is 11.8. The summed E-state index contributed by atoms with van der Waals surface area (Å²) in [5.74, 6) is -4.49. The number of anilines is 1. The Balaban J connectivity index is 2.18. The molecule has 0 saturated carbocycles. The van der Waals surface area contributed by atoms with Gasteiger partial charge in [-0.05, 0) is 24.3 Å². The molecule has 0 heterocycles. The Kier molecular flexibility index (Phi) is 8.39. The summed E-state index contributed by atoms with van der Waals surface area (Å²) in [5, 5.41) is 11.3. The van der Waals surface area contributed by atoms with Crippen LogP contribution in [0.2, 0.25) is 15.1 Å². The van der Waals surface area contributed by atoms with Crippen molar-refractivity contribution in [2.45, 2.75) is 12.4 Å². The summed E-state index contributed by atoms with van der Waals surface area (Å²) in [6.07, 6.45) is -10.8. The fourth-order valence-corrected chi connectivity index (χ4v) is 3.95. The van der Waals surface area contributed by atoms with E-state index in [1.165, 1.54) is 0 Å². The van der Waals surface area contributed by atoms with Crippen LogP contribution in [0.25, 0.3) is 0 Å². The lowest BCUT2D eigenvalue weighted by Crippen LogP contribution is -2.18. The molecule has 0 radical (unpaired) electrons. The molecular formula is C23H14Cl3F6NO5. The lowest BCUT2D eigenvalue weighted by atomic mass is 10.0. The van der Waals surface area contributed by atoms with Gasteiger partial charge in [-0.15, -0.1) is 0 Å². The van der Waals surface area contributed by atoms with E-state index in [0.29, 0.717) is 0 Å². The summed E-state index contributed by atoms with van der Waals surface area (Å²) in [6.45, 7) is 0. The van der Waals surface area contributed by atoms with E-state index in [1.807, 2.05) is 5.32 Å². The summed E-state index contributed by atoms with van der Waals surface area (Å²) < 4.78 is 98.9. The molecule has 1 amide bonds. The standard InChI is InChI=1S/C23H14Cl3F6NO5/c1-36-16-7-11(8-17(37-2)18(16)26)38-20-13(22(27,28)29)5-10(6-14(20)23(30,31)32)33-21(35)12-3-9(24)4-15(25)19(12)34/h3-8,34H,1-2H3,(H,33,35). The highest BCUT2D eigenvalue weighted by Gasteiger charge is 2.43. The number of rotatable bonds is 6. The van der Waals surface area contributed by atoms with Gasteiger partial charge in [-0.1, -0.05) is 34.8 Å². The Morgan fingerprint density at radius 2 is 1.34 bits per heavy atom. The van der Waals surface area contributed by atoms with Crippen molar-refractivity contribution in [3.05, 3.63) is 68.2 Å². The molecule has 0 aromatic heterocycles. The summed E-state index contributed by atoms with van der Waals surface area (Å²) in [7, 11) is 2.32. The molecule has 0 spiro atoms. The molecular weight excluding hydrogens is 591 g/mol. The average molecular weight is 605 g/mol. The van der Waals surface area contributed by atoms with Crippen molar-refractivity contribution in [1.82, 2.24) is 0 Å². The third-order valence-electron chi connectivity index (χ3n) is 4.87. The number of carbonyl (C=O) groups excluding carboxylic acids is 1. The first-order chi connectivity index (χ1) is 17.6. The van der Waals surface area contributed by atoms with Gasteiger partial charge in [0.05, 0.1) is 24.8 Å². The molecule has 0 unspecified atom stereocenters. The molecule has 0 aliphatic carbocycles. The van der Waals surface area contributed by atoms with E-state index in [2.05, 4.69) is 0 Å². The number of alkyl halides is 6. The van der Waals surface area contributed by atoms with Gasteiger partial charge in [-0.2, -0.15) is 26.3 Å². The molecule has 3 aromatic rings. The summed E-state index contributed by atoms with van der Waals surface area (Å²) in [6, 6.07) is 4.39. The first kappa shape index (κ1) is 29.3. The minimum atomic E-state index is -5.38. The number of ether oxygens (including phenoxy) is 3. The SMILES string of the molecule is COc1cc(Oc2c(C(F)(F)F)cc(NC(=O)c3cc(Cl)cc(Cl)c3O)cc2C(F)(F)F)cc(OC)c1Cl. The molecule has 0 atom stereocenters. The summed E-state index contributed by atoms with van der Waals surface area (Å²) in [4.78, 5) is 12.6. The highest BCUT2D eigenvalue weighted by atomic mass is 35.5. The fourth-order valence-electron chi connectivity index (χ4n) is 3.19. The maximum atomic E-state index is 14.0. The van der Waals surface area contributed by atoms with E-state index in [4.69, 9.17) is 49.0 Å². The maximum Gasteiger partial charge on any atom is 0.420 e. The number of hydrogen-bond donors (Lipinski definition) is 2. The number of halogens is 9. The molecule has 0 bridgehead atoms. The number of hydrogen-bond acceptors (Lipinski definition) is 5. The largest absolute Gasteiger partial charge is 0.506 e. The molecule has 0 aliphatic heterocycles. The number of phenolic OH excluding ortho intramolecular Hbond substituents is 1. The van der Waals surface area contributed by atoms with E-state index >= 15 is 0 Å². The van der Waals surface area contributed by atoms with Gasteiger partial charge >= 0.3 is 12.4 Å². The van der Waals surface area contributed by atoms with Crippen LogP contribution >= 0.6 is 34.8 Å². The van der Waals surface area contributed by atoms with Gasteiger partial charge in [0.1, 0.15) is 39.1 Å². The Morgan fingerprint density at radius 1 is 0.842 bits per heavy atom. The lowest BCUT2D eigenvalue weighted by molar-refractivity contribution is -0.144. The quantitative estimate of drug-likeness (QED) is 0.276. The van der Waals surface area contributed by atoms with Crippen molar-refractivity contribution >= 4 is 46.4 Å². The van der Waals surface area contributed by atoms with Gasteiger partial charge in [-0.3, -0.25) is 4.79 Å². The van der Waals surface area contributed by atoms with Gasteiger partial charge < -0.3 is 24.6 Å². The van der Waals surface area contributed by atoms with Crippen LogP contribution in [0.4, 0.5) is 32.0 Å². The number of nitrogens with one attached hydrogen (secondary N) is 1. The first-order valence-electron chi connectivity index (χ1n) is 9.98. The number of benzene rings is 3. The van der Waals surface area contributed by atoms with Crippen LogP contribution in [0.3, 0.4) is 0 Å². The van der Waals surface area contributed by atoms with Crippen LogP contribution in [0.5, 0.6) is 28.7 Å². The van der Waals surface area contributed by atoms with E-state index in [-0.39, 0.29) is 38.7 Å². The number of carbonyl (C=O) groups is 1. The second-order valence-corrected chi connectivity index (χ2v) is 8.60. The molecule has 3 aromatic carbocycles. The van der Waals surface area contributed by atoms with Crippen LogP contribution in [0.15, 0.2) is 36.4 Å². The number of amides is 1. The summed E-state index contributed by atoms with van der Waals surface area (Å²) >= 11 is 17.5. The van der Waals surface area contributed by atoms with Crippen molar-refractivity contribution in [2.24, 2.45) is 0 Å². The molecule has 0 saturated heterocycles. The Labute approximate surface area is 225 Å². The van der Waals surface area contributed by atoms with Gasteiger partial charge in [0, 0.05) is 22.8 Å². The smallest absolute Gasteiger partial charge is 0.420 e. The predicted molar refractivity (Wildman–Crippen MR) is 127 cm³/mol. The first-order valence-corrected chi connectivity index (χ1v) is 11.1. The molecule has 6 nitrogen and oxygen atoms in total. The molecule has 0 aliphatic rings. The number of aromatic hydroxyl groups is 1. The monoisotopic (exact) mass is 603 g/mol. The van der Waals surface area contributed by atoms with Gasteiger partial charge in [0.15, 0.2) is 5.75 Å². The van der Waals surface area contributed by atoms with Crippen LogP contribution in [0.1, 0.15) is 21.5 Å². The minimum Gasteiger partial charge on any atom is -0.506 e. The van der Waals surface area contributed by atoms with Gasteiger partial charge in [0.25, 0.3) is 5.91 Å². The van der Waals surface area contributed by atoms with E-state index in [9.17, 15) is 36.2 Å². The molecule has 38 heavy (non-hydrogen) atoms.